The molecule has 1 atom stereocenters. The molecule has 128 valence electrons. The Morgan fingerprint density at radius 2 is 2.25 bits per heavy atom. The second kappa shape index (κ2) is 6.33. The normalized spacial score (nSPS) is 18.6. The summed E-state index contributed by atoms with van der Waals surface area (Å²) in [6, 6.07) is 4.74. The lowest BCUT2D eigenvalue weighted by Gasteiger charge is -2.35. The highest BCUT2D eigenvalue weighted by atomic mass is 32.2. The monoisotopic (exact) mass is 353 g/mol. The van der Waals surface area contributed by atoms with Crippen molar-refractivity contribution in [3.63, 3.8) is 0 Å². The van der Waals surface area contributed by atoms with E-state index >= 15 is 0 Å². The average molecular weight is 353 g/mol. The van der Waals surface area contributed by atoms with Crippen molar-refractivity contribution in [2.75, 3.05) is 26.0 Å². The number of sulfone groups is 1. The third kappa shape index (κ3) is 3.17. The SMILES string of the molecule is CS(=O)(=O)c1cn[nH]c1C1COCCN1C(=O)c1cccc(F)c1. The number of morpholine rings is 1. The van der Waals surface area contributed by atoms with Gasteiger partial charge in [0.2, 0.25) is 0 Å². The van der Waals surface area contributed by atoms with Crippen LogP contribution in [0.2, 0.25) is 0 Å². The molecule has 0 radical (unpaired) electrons. The first kappa shape index (κ1) is 16.6. The van der Waals surface area contributed by atoms with Crippen LogP contribution in [0.4, 0.5) is 4.39 Å². The highest BCUT2D eigenvalue weighted by Gasteiger charge is 2.34. The van der Waals surface area contributed by atoms with Crippen molar-refractivity contribution in [2.24, 2.45) is 0 Å². The number of carbonyl (C=O) groups is 1. The first-order valence-corrected chi connectivity index (χ1v) is 9.14. The van der Waals surface area contributed by atoms with Crippen LogP contribution in [0.1, 0.15) is 22.1 Å². The number of ether oxygens (including phenoxy) is 1. The molecule has 0 bridgehead atoms. The van der Waals surface area contributed by atoms with Gasteiger partial charge in [-0.15, -0.1) is 0 Å². The molecule has 1 unspecified atom stereocenters. The van der Waals surface area contributed by atoms with E-state index in [2.05, 4.69) is 10.2 Å². The summed E-state index contributed by atoms with van der Waals surface area (Å²) in [5.74, 6) is -0.902. The minimum Gasteiger partial charge on any atom is -0.377 e. The second-order valence-corrected chi connectivity index (χ2v) is 7.50. The number of aromatic amines is 1. The van der Waals surface area contributed by atoms with Crippen molar-refractivity contribution in [2.45, 2.75) is 10.9 Å². The van der Waals surface area contributed by atoms with E-state index in [1.54, 1.807) is 0 Å². The van der Waals surface area contributed by atoms with Gasteiger partial charge in [0.15, 0.2) is 9.84 Å². The van der Waals surface area contributed by atoms with Crippen LogP contribution in [0.15, 0.2) is 35.4 Å². The zero-order valence-corrected chi connectivity index (χ0v) is 13.7. The molecule has 1 amide bonds. The molecule has 0 saturated carbocycles. The Morgan fingerprint density at radius 1 is 1.46 bits per heavy atom. The number of H-pyrrole nitrogens is 1. The quantitative estimate of drug-likeness (QED) is 0.894. The predicted octanol–water partition coefficient (Wildman–Crippen LogP) is 1.17. The van der Waals surface area contributed by atoms with Gasteiger partial charge in [-0.2, -0.15) is 5.10 Å². The predicted molar refractivity (Wildman–Crippen MR) is 82.7 cm³/mol. The van der Waals surface area contributed by atoms with Gasteiger partial charge >= 0.3 is 0 Å². The number of hydrogen-bond donors (Lipinski definition) is 1. The molecule has 1 saturated heterocycles. The Balaban J connectivity index is 1.98. The molecule has 0 aliphatic carbocycles. The molecule has 7 nitrogen and oxygen atoms in total. The van der Waals surface area contributed by atoms with E-state index in [0.717, 1.165) is 12.3 Å². The number of halogens is 1. The number of nitrogens with one attached hydrogen (secondary N) is 1. The van der Waals surface area contributed by atoms with E-state index in [4.69, 9.17) is 4.74 Å². The van der Waals surface area contributed by atoms with Gasteiger partial charge in [-0.1, -0.05) is 6.07 Å². The zero-order valence-electron chi connectivity index (χ0n) is 12.9. The molecule has 1 N–H and O–H groups in total. The van der Waals surface area contributed by atoms with Crippen LogP contribution in [0.3, 0.4) is 0 Å². The molecule has 2 heterocycles. The third-order valence-corrected chi connectivity index (χ3v) is 4.95. The molecule has 3 rings (SSSR count). The summed E-state index contributed by atoms with van der Waals surface area (Å²) < 4.78 is 42.6. The van der Waals surface area contributed by atoms with Gasteiger partial charge in [0.25, 0.3) is 5.91 Å². The summed E-state index contributed by atoms with van der Waals surface area (Å²) in [4.78, 5) is 14.2. The van der Waals surface area contributed by atoms with Gasteiger partial charge in [-0.3, -0.25) is 9.89 Å². The van der Waals surface area contributed by atoms with Crippen molar-refractivity contribution in [3.05, 3.63) is 47.5 Å². The number of hydrogen-bond acceptors (Lipinski definition) is 5. The number of rotatable bonds is 3. The summed E-state index contributed by atoms with van der Waals surface area (Å²) in [7, 11) is -3.51. The number of benzene rings is 1. The smallest absolute Gasteiger partial charge is 0.254 e. The molecule has 9 heteroatoms. The van der Waals surface area contributed by atoms with Crippen LogP contribution in [-0.2, 0) is 14.6 Å². The van der Waals surface area contributed by atoms with E-state index in [9.17, 15) is 17.6 Å². The Hall–Kier alpha value is -2.26. The molecule has 1 aromatic carbocycles. The molecule has 1 aliphatic rings. The summed E-state index contributed by atoms with van der Waals surface area (Å²) in [5.41, 5.74) is 0.490. The van der Waals surface area contributed by atoms with Crippen LogP contribution >= 0.6 is 0 Å². The lowest BCUT2D eigenvalue weighted by molar-refractivity contribution is -0.00470. The van der Waals surface area contributed by atoms with Gasteiger partial charge in [0, 0.05) is 18.4 Å². The minimum atomic E-state index is -3.51. The zero-order chi connectivity index (χ0) is 17.3. The molecule has 1 aromatic heterocycles. The fraction of sp³-hybridized carbons (Fsp3) is 0.333. The number of nitrogens with zero attached hydrogens (tertiary/aromatic N) is 2. The van der Waals surface area contributed by atoms with Gasteiger partial charge < -0.3 is 9.64 Å². The van der Waals surface area contributed by atoms with Gasteiger partial charge in [-0.25, -0.2) is 12.8 Å². The molecule has 1 fully saturated rings. The lowest BCUT2D eigenvalue weighted by Crippen LogP contribution is -2.44. The molecule has 1 aliphatic heterocycles. The van der Waals surface area contributed by atoms with E-state index in [0.29, 0.717) is 12.3 Å². The van der Waals surface area contributed by atoms with Crippen LogP contribution < -0.4 is 0 Å². The maximum absolute atomic E-state index is 13.4. The highest BCUT2D eigenvalue weighted by Crippen LogP contribution is 2.29. The maximum Gasteiger partial charge on any atom is 0.254 e. The lowest BCUT2D eigenvalue weighted by atomic mass is 10.1. The fourth-order valence-electron chi connectivity index (χ4n) is 2.69. The van der Waals surface area contributed by atoms with Crippen molar-refractivity contribution < 1.29 is 22.3 Å². The van der Waals surface area contributed by atoms with Crippen LogP contribution in [-0.4, -0.2) is 55.4 Å². The summed E-state index contributed by atoms with van der Waals surface area (Å²) in [6.45, 7) is 0.716. The van der Waals surface area contributed by atoms with E-state index in [1.807, 2.05) is 0 Å². The average Bonchev–Trinajstić information content (AvgIpc) is 3.04. The van der Waals surface area contributed by atoms with Crippen molar-refractivity contribution in [3.8, 4) is 0 Å². The minimum absolute atomic E-state index is 0.0232. The summed E-state index contributed by atoms with van der Waals surface area (Å²) >= 11 is 0. The van der Waals surface area contributed by atoms with Gasteiger partial charge in [0.05, 0.1) is 31.1 Å². The fourth-order valence-corrected chi connectivity index (χ4v) is 3.52. The second-order valence-electron chi connectivity index (χ2n) is 5.52. The van der Waals surface area contributed by atoms with Crippen LogP contribution in [0, 0.1) is 5.82 Å². The summed E-state index contributed by atoms with van der Waals surface area (Å²) in [6.07, 6.45) is 2.29. The Bertz CT molecular complexity index is 865. The van der Waals surface area contributed by atoms with Gasteiger partial charge in [-0.05, 0) is 18.2 Å². The van der Waals surface area contributed by atoms with E-state index < -0.39 is 27.6 Å². The van der Waals surface area contributed by atoms with Crippen molar-refractivity contribution >= 4 is 15.7 Å². The topological polar surface area (TPSA) is 92.4 Å². The number of carbonyl (C=O) groups excluding carboxylic acids is 1. The molecule has 24 heavy (non-hydrogen) atoms. The Kier molecular flexibility index (Phi) is 4.37. The summed E-state index contributed by atoms with van der Waals surface area (Å²) in [5, 5.41) is 6.44. The van der Waals surface area contributed by atoms with Gasteiger partial charge in [0.1, 0.15) is 10.7 Å². The third-order valence-electron chi connectivity index (χ3n) is 3.83. The van der Waals surface area contributed by atoms with Crippen LogP contribution in [0.25, 0.3) is 0 Å². The molecular formula is C15H16FN3O4S. The highest BCUT2D eigenvalue weighted by molar-refractivity contribution is 7.90. The van der Waals surface area contributed by atoms with E-state index in [1.165, 1.54) is 29.3 Å². The molecular weight excluding hydrogens is 337 g/mol. The number of amides is 1. The largest absolute Gasteiger partial charge is 0.377 e. The van der Waals surface area contributed by atoms with E-state index in [-0.39, 0.29) is 23.6 Å². The molecule has 0 spiro atoms. The first-order chi connectivity index (χ1) is 11.4. The Morgan fingerprint density at radius 3 is 2.96 bits per heavy atom. The van der Waals surface area contributed by atoms with Crippen molar-refractivity contribution in [1.29, 1.82) is 0 Å². The standard InChI is InChI=1S/C15H16FN3O4S/c1-24(21,22)13-8-17-18-14(13)12-9-23-6-5-19(12)15(20)10-3-2-4-11(16)7-10/h2-4,7-8,12H,5-6,9H2,1H3,(H,17,18). The van der Waals surface area contributed by atoms with Crippen molar-refractivity contribution in [1.82, 2.24) is 15.1 Å². The molecule has 2 aromatic rings. The van der Waals surface area contributed by atoms with Crippen LogP contribution in [0.5, 0.6) is 0 Å². The Labute approximate surface area is 138 Å². The maximum atomic E-state index is 13.4. The number of aromatic nitrogens is 2. The first-order valence-electron chi connectivity index (χ1n) is 7.25.